The van der Waals surface area contributed by atoms with Crippen molar-refractivity contribution >= 4 is 11.6 Å². The van der Waals surface area contributed by atoms with Gasteiger partial charge in [0.15, 0.2) is 6.10 Å². The van der Waals surface area contributed by atoms with Crippen molar-refractivity contribution in [3.05, 3.63) is 54.1 Å². The SMILES string of the molecule is CCOCCOc1ccc(NC(=O)C(CC)Oc2ccc(C)cc2)cc1. The Morgan fingerprint density at radius 2 is 1.62 bits per heavy atom. The number of hydrogen-bond donors (Lipinski definition) is 1. The van der Waals surface area contributed by atoms with Gasteiger partial charge in [0, 0.05) is 12.3 Å². The third kappa shape index (κ3) is 6.41. The third-order valence-corrected chi connectivity index (χ3v) is 3.78. The second kappa shape index (κ2) is 10.5. The van der Waals surface area contributed by atoms with E-state index in [1.165, 1.54) is 0 Å². The Bertz CT molecular complexity index is 667. The van der Waals surface area contributed by atoms with Gasteiger partial charge in [0.1, 0.15) is 18.1 Å². The molecule has 2 aromatic rings. The number of ether oxygens (including phenoxy) is 3. The van der Waals surface area contributed by atoms with E-state index >= 15 is 0 Å². The van der Waals surface area contributed by atoms with Gasteiger partial charge >= 0.3 is 0 Å². The lowest BCUT2D eigenvalue weighted by Crippen LogP contribution is -2.32. The summed E-state index contributed by atoms with van der Waals surface area (Å²) in [6.45, 7) is 7.62. The van der Waals surface area contributed by atoms with Crippen molar-refractivity contribution in [2.24, 2.45) is 0 Å². The van der Waals surface area contributed by atoms with E-state index in [-0.39, 0.29) is 5.91 Å². The van der Waals surface area contributed by atoms with Gasteiger partial charge < -0.3 is 19.5 Å². The molecule has 0 aromatic heterocycles. The average Bonchev–Trinajstić information content (AvgIpc) is 2.66. The minimum absolute atomic E-state index is 0.168. The Morgan fingerprint density at radius 3 is 2.23 bits per heavy atom. The number of aryl methyl sites for hydroxylation is 1. The number of anilines is 1. The van der Waals surface area contributed by atoms with E-state index in [1.54, 1.807) is 0 Å². The van der Waals surface area contributed by atoms with Gasteiger partial charge in [-0.15, -0.1) is 0 Å². The van der Waals surface area contributed by atoms with Gasteiger partial charge in [-0.3, -0.25) is 4.79 Å². The van der Waals surface area contributed by atoms with Gasteiger partial charge in [0.05, 0.1) is 6.61 Å². The summed E-state index contributed by atoms with van der Waals surface area (Å²) >= 11 is 0. The predicted octanol–water partition coefficient (Wildman–Crippen LogP) is 4.21. The summed E-state index contributed by atoms with van der Waals surface area (Å²) in [5.41, 5.74) is 1.86. The Hall–Kier alpha value is -2.53. The molecular formula is C21H27NO4. The highest BCUT2D eigenvalue weighted by molar-refractivity contribution is 5.94. The maximum atomic E-state index is 12.5. The first-order valence-electron chi connectivity index (χ1n) is 8.97. The summed E-state index contributed by atoms with van der Waals surface area (Å²) in [5.74, 6) is 1.26. The number of rotatable bonds is 10. The highest BCUT2D eigenvalue weighted by Crippen LogP contribution is 2.18. The third-order valence-electron chi connectivity index (χ3n) is 3.78. The van der Waals surface area contributed by atoms with Crippen LogP contribution in [0.3, 0.4) is 0 Å². The zero-order valence-electron chi connectivity index (χ0n) is 15.7. The van der Waals surface area contributed by atoms with Crippen LogP contribution >= 0.6 is 0 Å². The molecule has 0 spiro atoms. The molecule has 1 atom stereocenters. The highest BCUT2D eigenvalue weighted by atomic mass is 16.5. The Morgan fingerprint density at radius 1 is 0.962 bits per heavy atom. The number of carbonyl (C=O) groups excluding carboxylic acids is 1. The highest BCUT2D eigenvalue weighted by Gasteiger charge is 2.18. The first-order valence-corrected chi connectivity index (χ1v) is 8.97. The lowest BCUT2D eigenvalue weighted by atomic mass is 10.2. The first kappa shape index (κ1) is 19.8. The first-order chi connectivity index (χ1) is 12.6. The van der Waals surface area contributed by atoms with Crippen LogP contribution in [0.1, 0.15) is 25.8 Å². The van der Waals surface area contributed by atoms with E-state index in [4.69, 9.17) is 14.2 Å². The van der Waals surface area contributed by atoms with Gasteiger partial charge in [-0.1, -0.05) is 24.6 Å². The molecule has 1 amide bonds. The van der Waals surface area contributed by atoms with Gasteiger partial charge in [0.25, 0.3) is 5.91 Å². The molecule has 1 unspecified atom stereocenters. The van der Waals surface area contributed by atoms with Crippen molar-refractivity contribution in [3.63, 3.8) is 0 Å². The minimum Gasteiger partial charge on any atom is -0.491 e. The normalized spacial score (nSPS) is 11.7. The second-order valence-corrected chi connectivity index (χ2v) is 5.89. The molecule has 0 bridgehead atoms. The summed E-state index contributed by atoms with van der Waals surface area (Å²) < 4.78 is 16.6. The zero-order chi connectivity index (χ0) is 18.8. The van der Waals surface area contributed by atoms with E-state index in [0.29, 0.717) is 37.7 Å². The number of carbonyl (C=O) groups is 1. The topological polar surface area (TPSA) is 56.8 Å². The summed E-state index contributed by atoms with van der Waals surface area (Å²) in [6, 6.07) is 14.9. The maximum Gasteiger partial charge on any atom is 0.265 e. The number of hydrogen-bond acceptors (Lipinski definition) is 4. The van der Waals surface area contributed by atoms with Crippen LogP contribution in [0.4, 0.5) is 5.69 Å². The fraction of sp³-hybridized carbons (Fsp3) is 0.381. The fourth-order valence-corrected chi connectivity index (χ4v) is 2.32. The van der Waals surface area contributed by atoms with Crippen molar-refractivity contribution in [2.45, 2.75) is 33.3 Å². The van der Waals surface area contributed by atoms with Crippen molar-refractivity contribution in [1.29, 1.82) is 0 Å². The number of benzene rings is 2. The van der Waals surface area contributed by atoms with Crippen LogP contribution in [-0.2, 0) is 9.53 Å². The quantitative estimate of drug-likeness (QED) is 0.647. The van der Waals surface area contributed by atoms with Crippen molar-refractivity contribution < 1.29 is 19.0 Å². The number of amides is 1. The fourth-order valence-electron chi connectivity index (χ4n) is 2.32. The zero-order valence-corrected chi connectivity index (χ0v) is 15.7. The molecule has 5 heteroatoms. The van der Waals surface area contributed by atoms with Crippen LogP contribution in [0.15, 0.2) is 48.5 Å². The smallest absolute Gasteiger partial charge is 0.265 e. The molecule has 0 saturated carbocycles. The summed E-state index contributed by atoms with van der Waals surface area (Å²) in [7, 11) is 0. The molecule has 5 nitrogen and oxygen atoms in total. The van der Waals surface area contributed by atoms with Crippen molar-refractivity contribution in [1.82, 2.24) is 0 Å². The molecule has 0 radical (unpaired) electrons. The van der Waals surface area contributed by atoms with Gasteiger partial charge in [-0.25, -0.2) is 0 Å². The van der Waals surface area contributed by atoms with E-state index in [0.717, 1.165) is 11.3 Å². The molecule has 2 aromatic carbocycles. The molecule has 2 rings (SSSR count). The number of nitrogens with one attached hydrogen (secondary N) is 1. The summed E-state index contributed by atoms with van der Waals surface area (Å²) in [4.78, 5) is 12.5. The Labute approximate surface area is 155 Å². The average molecular weight is 357 g/mol. The summed E-state index contributed by atoms with van der Waals surface area (Å²) in [5, 5.41) is 2.88. The van der Waals surface area contributed by atoms with Gasteiger partial charge in [-0.2, -0.15) is 0 Å². The molecule has 0 saturated heterocycles. The molecule has 0 fully saturated rings. The monoisotopic (exact) mass is 357 g/mol. The summed E-state index contributed by atoms with van der Waals surface area (Å²) in [6.07, 6.45) is 0.0399. The van der Waals surface area contributed by atoms with E-state index in [2.05, 4.69) is 5.32 Å². The van der Waals surface area contributed by atoms with Crippen LogP contribution in [0.2, 0.25) is 0 Å². The molecule has 26 heavy (non-hydrogen) atoms. The molecular weight excluding hydrogens is 330 g/mol. The van der Waals surface area contributed by atoms with Gasteiger partial charge in [0.2, 0.25) is 0 Å². The maximum absolute atomic E-state index is 12.5. The van der Waals surface area contributed by atoms with Crippen LogP contribution in [0, 0.1) is 6.92 Å². The minimum atomic E-state index is -0.542. The van der Waals surface area contributed by atoms with E-state index < -0.39 is 6.10 Å². The van der Waals surface area contributed by atoms with Crippen LogP contribution in [0.25, 0.3) is 0 Å². The predicted molar refractivity (Wildman–Crippen MR) is 103 cm³/mol. The van der Waals surface area contributed by atoms with Gasteiger partial charge in [-0.05, 0) is 56.7 Å². The largest absolute Gasteiger partial charge is 0.491 e. The molecule has 0 aliphatic heterocycles. The van der Waals surface area contributed by atoms with Crippen molar-refractivity contribution in [3.8, 4) is 11.5 Å². The van der Waals surface area contributed by atoms with E-state index in [9.17, 15) is 4.79 Å². The standard InChI is InChI=1S/C21H27NO4/c1-4-20(26-19-10-6-16(3)7-11-19)21(23)22-17-8-12-18(13-9-17)25-15-14-24-5-2/h6-13,20H,4-5,14-15H2,1-3H3,(H,22,23). The van der Waals surface area contributed by atoms with Crippen LogP contribution in [-0.4, -0.2) is 31.8 Å². The van der Waals surface area contributed by atoms with Crippen LogP contribution < -0.4 is 14.8 Å². The molecule has 0 heterocycles. The molecule has 0 aliphatic rings. The molecule has 140 valence electrons. The van der Waals surface area contributed by atoms with Crippen molar-refractivity contribution in [2.75, 3.05) is 25.1 Å². The lowest BCUT2D eigenvalue weighted by Gasteiger charge is -2.17. The Balaban J connectivity index is 1.87. The second-order valence-electron chi connectivity index (χ2n) is 5.89. The lowest BCUT2D eigenvalue weighted by molar-refractivity contribution is -0.122. The van der Waals surface area contributed by atoms with E-state index in [1.807, 2.05) is 69.3 Å². The Kier molecular flexibility index (Phi) is 7.96. The van der Waals surface area contributed by atoms with Crippen LogP contribution in [0.5, 0.6) is 11.5 Å². The molecule has 0 aliphatic carbocycles. The molecule has 1 N–H and O–H groups in total.